The van der Waals surface area contributed by atoms with E-state index in [4.69, 9.17) is 0 Å². The van der Waals surface area contributed by atoms with Gasteiger partial charge >= 0.3 is 0 Å². The molecule has 5 rings (SSSR count). The maximum atomic E-state index is 13.0. The van der Waals surface area contributed by atoms with Crippen molar-refractivity contribution in [2.45, 2.75) is 37.7 Å². The highest BCUT2D eigenvalue weighted by atomic mass is 32.2. The van der Waals surface area contributed by atoms with Crippen molar-refractivity contribution >= 4 is 27.5 Å². The van der Waals surface area contributed by atoms with Crippen molar-refractivity contribution in [1.82, 2.24) is 9.80 Å². The molecular weight excluding hydrogens is 466 g/mol. The molecule has 35 heavy (non-hydrogen) atoms. The first-order valence-corrected chi connectivity index (χ1v) is 13.9. The van der Waals surface area contributed by atoms with Crippen LogP contribution in [0.2, 0.25) is 0 Å². The normalized spacial score (nSPS) is 19.3. The molecule has 1 heterocycles. The summed E-state index contributed by atoms with van der Waals surface area (Å²) in [6.45, 7) is 1.72. The first-order valence-electron chi connectivity index (χ1n) is 12.2. The fraction of sp³-hybridized carbons (Fsp3) is 0.462. The van der Waals surface area contributed by atoms with E-state index in [2.05, 4.69) is 4.72 Å². The molecule has 0 bridgehead atoms. The molecule has 1 saturated heterocycles. The van der Waals surface area contributed by atoms with Crippen molar-refractivity contribution in [3.8, 4) is 11.1 Å². The number of amides is 2. The average Bonchev–Trinajstić information content (AvgIpc) is 3.80. The molecule has 0 radical (unpaired) electrons. The average molecular weight is 498 g/mol. The Morgan fingerprint density at radius 1 is 0.943 bits per heavy atom. The molecular formula is C26H31N3O5S. The van der Waals surface area contributed by atoms with Gasteiger partial charge in [-0.25, -0.2) is 8.42 Å². The van der Waals surface area contributed by atoms with Crippen LogP contribution in [0.15, 0.2) is 48.5 Å². The summed E-state index contributed by atoms with van der Waals surface area (Å²) in [5.74, 6) is 0.385. The summed E-state index contributed by atoms with van der Waals surface area (Å²) >= 11 is 0. The molecule has 1 aliphatic heterocycles. The van der Waals surface area contributed by atoms with Crippen LogP contribution in [-0.4, -0.2) is 72.7 Å². The van der Waals surface area contributed by atoms with Gasteiger partial charge in [0.25, 0.3) is 11.8 Å². The second kappa shape index (κ2) is 9.28. The number of nitrogens with zero attached hydrogens (tertiary/aromatic N) is 2. The third-order valence-corrected chi connectivity index (χ3v) is 8.39. The van der Waals surface area contributed by atoms with Gasteiger partial charge in [0, 0.05) is 37.4 Å². The summed E-state index contributed by atoms with van der Waals surface area (Å²) in [4.78, 5) is 28.6. The first kappa shape index (κ1) is 23.8. The highest BCUT2D eigenvalue weighted by Gasteiger charge is 2.50. The highest BCUT2D eigenvalue weighted by Crippen LogP contribution is 2.37. The molecule has 2 aromatic carbocycles. The third-order valence-electron chi connectivity index (χ3n) is 7.07. The van der Waals surface area contributed by atoms with E-state index in [1.54, 1.807) is 34.1 Å². The number of benzene rings is 2. The lowest BCUT2D eigenvalue weighted by atomic mass is 10.0. The monoisotopic (exact) mass is 497 g/mol. The summed E-state index contributed by atoms with van der Waals surface area (Å²) in [5.41, 5.74) is 1.66. The summed E-state index contributed by atoms with van der Waals surface area (Å²) < 4.78 is 27.4. The Hall–Kier alpha value is -2.91. The number of carbonyl (C=O) groups is 2. The topological polar surface area (TPSA) is 107 Å². The van der Waals surface area contributed by atoms with Gasteiger partial charge in [0.1, 0.15) is 5.60 Å². The summed E-state index contributed by atoms with van der Waals surface area (Å²) in [6.07, 6.45) is 4.00. The van der Waals surface area contributed by atoms with Crippen molar-refractivity contribution in [3.05, 3.63) is 54.1 Å². The van der Waals surface area contributed by atoms with E-state index < -0.39 is 15.6 Å². The van der Waals surface area contributed by atoms with Gasteiger partial charge in [-0.15, -0.1) is 0 Å². The van der Waals surface area contributed by atoms with Gasteiger partial charge < -0.3 is 14.9 Å². The van der Waals surface area contributed by atoms with Crippen molar-refractivity contribution in [1.29, 1.82) is 0 Å². The number of hydrogen-bond acceptors (Lipinski definition) is 5. The van der Waals surface area contributed by atoms with Gasteiger partial charge in [0.05, 0.1) is 5.75 Å². The number of nitrogens with one attached hydrogen (secondary N) is 1. The van der Waals surface area contributed by atoms with Gasteiger partial charge in [0.2, 0.25) is 10.0 Å². The van der Waals surface area contributed by atoms with E-state index in [-0.39, 0.29) is 17.6 Å². The lowest BCUT2D eigenvalue weighted by molar-refractivity contribution is -0.143. The Bertz CT molecular complexity index is 1210. The molecule has 186 valence electrons. The van der Waals surface area contributed by atoms with E-state index in [1.165, 1.54) is 0 Å². The zero-order valence-electron chi connectivity index (χ0n) is 19.7. The van der Waals surface area contributed by atoms with Crippen LogP contribution in [0.3, 0.4) is 0 Å². The minimum atomic E-state index is -3.37. The Morgan fingerprint density at radius 3 is 2.23 bits per heavy atom. The summed E-state index contributed by atoms with van der Waals surface area (Å²) in [5, 5.41) is 10.0. The fourth-order valence-corrected chi connectivity index (χ4v) is 5.68. The van der Waals surface area contributed by atoms with Crippen molar-refractivity contribution in [2.75, 3.05) is 36.7 Å². The van der Waals surface area contributed by atoms with Crippen LogP contribution in [0.1, 0.15) is 42.5 Å². The van der Waals surface area contributed by atoms with Crippen LogP contribution < -0.4 is 4.72 Å². The highest BCUT2D eigenvalue weighted by molar-refractivity contribution is 7.92. The van der Waals surface area contributed by atoms with Gasteiger partial charge in [-0.05, 0) is 60.6 Å². The molecule has 0 unspecified atom stereocenters. The number of sulfonamides is 1. The first-order chi connectivity index (χ1) is 16.7. The molecule has 0 aromatic heterocycles. The van der Waals surface area contributed by atoms with E-state index in [0.717, 1.165) is 24.0 Å². The number of rotatable bonds is 8. The quantitative estimate of drug-likeness (QED) is 0.583. The number of carbonyl (C=O) groups excluding carboxylic acids is 2. The summed E-state index contributed by atoms with van der Waals surface area (Å²) in [7, 11) is -3.37. The predicted octanol–water partition coefficient (Wildman–Crippen LogP) is 2.70. The van der Waals surface area contributed by atoms with Crippen LogP contribution in [0.4, 0.5) is 5.69 Å². The smallest absolute Gasteiger partial charge is 0.254 e. The Kier molecular flexibility index (Phi) is 6.31. The SMILES string of the molecule is O=C(c1ccc(-c2cccc(NS(=O)(=O)CCC3CC3)c2)cc1)N1CCN(C(=O)C2(O)CC2)CC1. The van der Waals surface area contributed by atoms with Gasteiger partial charge in [-0.2, -0.15) is 0 Å². The predicted molar refractivity (Wildman–Crippen MR) is 133 cm³/mol. The van der Waals surface area contributed by atoms with Crippen molar-refractivity contribution < 1.29 is 23.1 Å². The number of piperazine rings is 1. The molecule has 3 aliphatic rings. The lowest BCUT2D eigenvalue weighted by Crippen LogP contribution is -2.53. The molecule has 8 nitrogen and oxygen atoms in total. The standard InChI is InChI=1S/C26H31N3O5S/c30-24(28-13-15-29(16-14-28)25(31)26(32)11-12-26)21-8-6-20(7-9-21)22-2-1-3-23(18-22)27-35(33,34)17-10-19-4-5-19/h1-3,6-9,18-19,27,32H,4-5,10-17H2. The molecule has 2 aliphatic carbocycles. The summed E-state index contributed by atoms with van der Waals surface area (Å²) in [6, 6.07) is 14.5. The number of aliphatic hydroxyl groups is 1. The fourth-order valence-electron chi connectivity index (χ4n) is 4.45. The van der Waals surface area contributed by atoms with E-state index in [9.17, 15) is 23.1 Å². The van der Waals surface area contributed by atoms with Gasteiger partial charge in [0.15, 0.2) is 0 Å². The Labute approximate surface area is 206 Å². The Balaban J connectivity index is 1.19. The van der Waals surface area contributed by atoms with Crippen LogP contribution in [0.5, 0.6) is 0 Å². The molecule has 2 saturated carbocycles. The molecule has 2 aromatic rings. The van der Waals surface area contributed by atoms with E-state index >= 15 is 0 Å². The molecule has 9 heteroatoms. The van der Waals surface area contributed by atoms with Crippen LogP contribution >= 0.6 is 0 Å². The maximum Gasteiger partial charge on any atom is 0.254 e. The second-order valence-corrected chi connectivity index (χ2v) is 11.8. The maximum absolute atomic E-state index is 13.0. The minimum Gasteiger partial charge on any atom is -0.380 e. The van der Waals surface area contributed by atoms with E-state index in [0.29, 0.717) is 62.6 Å². The zero-order valence-corrected chi connectivity index (χ0v) is 20.5. The van der Waals surface area contributed by atoms with Crippen molar-refractivity contribution in [3.63, 3.8) is 0 Å². The molecule has 2 amide bonds. The number of hydrogen-bond donors (Lipinski definition) is 2. The zero-order chi connectivity index (χ0) is 24.6. The molecule has 2 N–H and O–H groups in total. The third kappa shape index (κ3) is 5.67. The van der Waals surface area contributed by atoms with Gasteiger partial charge in [-0.3, -0.25) is 14.3 Å². The van der Waals surface area contributed by atoms with Crippen LogP contribution in [-0.2, 0) is 14.8 Å². The van der Waals surface area contributed by atoms with Crippen LogP contribution in [0.25, 0.3) is 11.1 Å². The molecule has 3 fully saturated rings. The van der Waals surface area contributed by atoms with Crippen molar-refractivity contribution in [2.24, 2.45) is 5.92 Å². The number of anilines is 1. The molecule has 0 atom stereocenters. The lowest BCUT2D eigenvalue weighted by Gasteiger charge is -2.35. The second-order valence-electron chi connectivity index (χ2n) is 9.93. The van der Waals surface area contributed by atoms with Gasteiger partial charge in [-0.1, -0.05) is 37.1 Å². The minimum absolute atomic E-state index is 0.0917. The van der Waals surface area contributed by atoms with Crippen LogP contribution in [0, 0.1) is 5.92 Å². The Morgan fingerprint density at radius 2 is 1.60 bits per heavy atom. The van der Waals surface area contributed by atoms with E-state index in [1.807, 2.05) is 24.3 Å². The largest absolute Gasteiger partial charge is 0.380 e. The molecule has 0 spiro atoms.